The van der Waals surface area contributed by atoms with E-state index in [1.165, 1.54) is 11.8 Å². The molecule has 1 heterocycles. The first-order valence-electron chi connectivity index (χ1n) is 7.30. The molecule has 0 spiro atoms. The maximum atomic E-state index is 12.4. The van der Waals surface area contributed by atoms with Gasteiger partial charge in [-0.2, -0.15) is 4.68 Å². The van der Waals surface area contributed by atoms with E-state index in [1.54, 1.807) is 23.7 Å². The molecule has 0 aliphatic carbocycles. The van der Waals surface area contributed by atoms with Crippen LogP contribution in [0.25, 0.3) is 5.69 Å². The van der Waals surface area contributed by atoms with Crippen molar-refractivity contribution >= 4 is 50.9 Å². The van der Waals surface area contributed by atoms with Crippen molar-refractivity contribution in [3.63, 3.8) is 0 Å². The summed E-state index contributed by atoms with van der Waals surface area (Å²) in [5.41, 5.74) is 1.46. The number of thioether (sulfide) groups is 1. The molecule has 3 rings (SSSR count). The standard InChI is InChI=1S/C16H13BrClN5OS/c1-10(15(24)19-13-6-2-4-11(17)8-13)25-16-20-21-22-23(16)14-7-3-5-12(18)9-14/h2-10H,1H3,(H,19,24). The molecule has 25 heavy (non-hydrogen) atoms. The Hall–Kier alpha value is -1.90. The Kier molecular flexibility index (Phi) is 5.72. The van der Waals surface area contributed by atoms with Crippen molar-refractivity contribution in [2.45, 2.75) is 17.3 Å². The van der Waals surface area contributed by atoms with Crippen LogP contribution in [0.1, 0.15) is 6.92 Å². The lowest BCUT2D eigenvalue weighted by atomic mass is 10.3. The first kappa shape index (κ1) is 17.9. The highest BCUT2D eigenvalue weighted by Gasteiger charge is 2.19. The molecule has 0 radical (unpaired) electrons. The van der Waals surface area contributed by atoms with Crippen molar-refractivity contribution < 1.29 is 4.79 Å². The lowest BCUT2D eigenvalue weighted by Crippen LogP contribution is -2.22. The Morgan fingerprint density at radius 3 is 2.84 bits per heavy atom. The Morgan fingerprint density at radius 2 is 2.08 bits per heavy atom. The zero-order chi connectivity index (χ0) is 17.8. The van der Waals surface area contributed by atoms with Gasteiger partial charge in [0.15, 0.2) is 0 Å². The van der Waals surface area contributed by atoms with Gasteiger partial charge in [-0.1, -0.05) is 51.4 Å². The molecule has 1 atom stereocenters. The molecule has 0 fully saturated rings. The third kappa shape index (κ3) is 4.59. The van der Waals surface area contributed by atoms with Crippen LogP contribution < -0.4 is 5.32 Å². The van der Waals surface area contributed by atoms with Gasteiger partial charge in [-0.3, -0.25) is 4.79 Å². The van der Waals surface area contributed by atoms with E-state index >= 15 is 0 Å². The number of hydrogen-bond donors (Lipinski definition) is 1. The molecule has 2 aromatic carbocycles. The van der Waals surface area contributed by atoms with Crippen LogP contribution >= 0.6 is 39.3 Å². The van der Waals surface area contributed by atoms with Gasteiger partial charge in [0, 0.05) is 15.2 Å². The van der Waals surface area contributed by atoms with Gasteiger partial charge < -0.3 is 5.32 Å². The molecule has 1 amide bonds. The second-order valence-corrected chi connectivity index (χ2v) is 7.77. The number of hydrogen-bond acceptors (Lipinski definition) is 5. The number of halogens is 2. The minimum atomic E-state index is -0.386. The van der Waals surface area contributed by atoms with E-state index in [9.17, 15) is 4.79 Å². The summed E-state index contributed by atoms with van der Waals surface area (Å²) in [4.78, 5) is 12.4. The highest BCUT2D eigenvalue weighted by Crippen LogP contribution is 2.25. The van der Waals surface area contributed by atoms with Crippen molar-refractivity contribution in [3.05, 3.63) is 58.0 Å². The van der Waals surface area contributed by atoms with E-state index in [-0.39, 0.29) is 11.2 Å². The summed E-state index contributed by atoms with van der Waals surface area (Å²) in [5.74, 6) is -0.135. The highest BCUT2D eigenvalue weighted by atomic mass is 79.9. The molecule has 1 N–H and O–H groups in total. The van der Waals surface area contributed by atoms with Gasteiger partial charge in [0.2, 0.25) is 11.1 Å². The van der Waals surface area contributed by atoms with Crippen LogP contribution in [0.3, 0.4) is 0 Å². The van der Waals surface area contributed by atoms with E-state index in [0.717, 1.165) is 15.8 Å². The smallest absolute Gasteiger partial charge is 0.237 e. The van der Waals surface area contributed by atoms with E-state index < -0.39 is 0 Å². The summed E-state index contributed by atoms with van der Waals surface area (Å²) in [6, 6.07) is 14.6. The van der Waals surface area contributed by atoms with Crippen LogP contribution in [-0.4, -0.2) is 31.4 Å². The van der Waals surface area contributed by atoms with E-state index in [0.29, 0.717) is 10.2 Å². The second kappa shape index (κ2) is 7.99. The summed E-state index contributed by atoms with van der Waals surface area (Å²) in [5, 5.41) is 15.3. The molecule has 6 nitrogen and oxygen atoms in total. The third-order valence-electron chi connectivity index (χ3n) is 3.24. The minimum Gasteiger partial charge on any atom is -0.325 e. The molecule has 1 aromatic heterocycles. The molecule has 1 unspecified atom stereocenters. The number of aromatic nitrogens is 4. The fraction of sp³-hybridized carbons (Fsp3) is 0.125. The first-order valence-corrected chi connectivity index (χ1v) is 9.35. The quantitative estimate of drug-likeness (QED) is 0.605. The molecule has 0 saturated heterocycles. The molecule has 0 aliphatic rings. The number of anilines is 1. The number of rotatable bonds is 5. The Labute approximate surface area is 162 Å². The van der Waals surface area contributed by atoms with Gasteiger partial charge in [0.1, 0.15) is 0 Å². The average Bonchev–Trinajstić information content (AvgIpc) is 3.03. The van der Waals surface area contributed by atoms with Gasteiger partial charge in [0.05, 0.1) is 10.9 Å². The summed E-state index contributed by atoms with van der Waals surface area (Å²) in [6.07, 6.45) is 0. The first-order chi connectivity index (χ1) is 12.0. The minimum absolute atomic E-state index is 0.135. The van der Waals surface area contributed by atoms with E-state index in [1.807, 2.05) is 36.4 Å². The highest BCUT2D eigenvalue weighted by molar-refractivity contribution is 9.10. The third-order valence-corrected chi connectivity index (χ3v) is 5.00. The number of carbonyl (C=O) groups excluding carboxylic acids is 1. The molecular weight excluding hydrogens is 426 g/mol. The lowest BCUT2D eigenvalue weighted by molar-refractivity contribution is -0.115. The fourth-order valence-electron chi connectivity index (χ4n) is 2.04. The van der Waals surface area contributed by atoms with Crippen LogP contribution in [-0.2, 0) is 4.79 Å². The number of nitrogens with zero attached hydrogens (tertiary/aromatic N) is 4. The fourth-order valence-corrected chi connectivity index (χ4v) is 3.44. The van der Waals surface area contributed by atoms with Gasteiger partial charge in [-0.15, -0.1) is 5.10 Å². The Balaban J connectivity index is 1.72. The van der Waals surface area contributed by atoms with Gasteiger partial charge in [-0.05, 0) is 53.7 Å². The summed E-state index contributed by atoms with van der Waals surface area (Å²) >= 11 is 10.7. The van der Waals surface area contributed by atoms with E-state index in [2.05, 4.69) is 36.8 Å². The van der Waals surface area contributed by atoms with Crippen molar-refractivity contribution in [2.24, 2.45) is 0 Å². The molecule has 3 aromatic rings. The Morgan fingerprint density at radius 1 is 1.28 bits per heavy atom. The van der Waals surface area contributed by atoms with Crippen molar-refractivity contribution in [3.8, 4) is 5.69 Å². The van der Waals surface area contributed by atoms with Crippen LogP contribution in [0, 0.1) is 0 Å². The van der Waals surface area contributed by atoms with Crippen molar-refractivity contribution in [1.29, 1.82) is 0 Å². The molecule has 0 saturated carbocycles. The number of tetrazole rings is 1. The van der Waals surface area contributed by atoms with Crippen molar-refractivity contribution in [2.75, 3.05) is 5.32 Å². The monoisotopic (exact) mass is 437 g/mol. The number of amides is 1. The van der Waals surface area contributed by atoms with Crippen molar-refractivity contribution in [1.82, 2.24) is 20.2 Å². The van der Waals surface area contributed by atoms with Gasteiger partial charge in [-0.25, -0.2) is 0 Å². The van der Waals surface area contributed by atoms with Crippen LogP contribution in [0.4, 0.5) is 5.69 Å². The van der Waals surface area contributed by atoms with Crippen LogP contribution in [0.5, 0.6) is 0 Å². The van der Waals surface area contributed by atoms with Crippen LogP contribution in [0.15, 0.2) is 58.2 Å². The number of carbonyl (C=O) groups is 1. The maximum absolute atomic E-state index is 12.4. The Bertz CT molecular complexity index is 903. The second-order valence-electron chi connectivity index (χ2n) is 5.11. The molecule has 0 bridgehead atoms. The summed E-state index contributed by atoms with van der Waals surface area (Å²) < 4.78 is 2.45. The predicted octanol–water partition coefficient (Wildman–Crippen LogP) is 4.20. The molecular formula is C16H13BrClN5OS. The van der Waals surface area contributed by atoms with Gasteiger partial charge >= 0.3 is 0 Å². The molecule has 9 heteroatoms. The average molecular weight is 439 g/mol. The summed E-state index contributed by atoms with van der Waals surface area (Å²) in [7, 11) is 0. The van der Waals surface area contributed by atoms with E-state index in [4.69, 9.17) is 11.6 Å². The number of benzene rings is 2. The molecule has 0 aliphatic heterocycles. The predicted molar refractivity (Wildman–Crippen MR) is 102 cm³/mol. The van der Waals surface area contributed by atoms with Gasteiger partial charge in [0.25, 0.3) is 0 Å². The normalized spacial score (nSPS) is 12.0. The topological polar surface area (TPSA) is 72.7 Å². The largest absolute Gasteiger partial charge is 0.325 e. The zero-order valence-corrected chi connectivity index (χ0v) is 16.2. The zero-order valence-electron chi connectivity index (χ0n) is 13.1. The lowest BCUT2D eigenvalue weighted by Gasteiger charge is -2.12. The van der Waals surface area contributed by atoms with Crippen LogP contribution in [0.2, 0.25) is 5.02 Å². The number of nitrogens with one attached hydrogen (secondary N) is 1. The SMILES string of the molecule is CC(Sc1nnnn1-c1cccc(Cl)c1)C(=O)Nc1cccc(Br)c1. The summed E-state index contributed by atoms with van der Waals surface area (Å²) in [6.45, 7) is 1.80. The molecule has 128 valence electrons. The maximum Gasteiger partial charge on any atom is 0.237 e.